The molecular formula is C21H32O3. The van der Waals surface area contributed by atoms with Crippen molar-refractivity contribution in [2.45, 2.75) is 77.0 Å². The van der Waals surface area contributed by atoms with Gasteiger partial charge in [0.05, 0.1) is 13.2 Å². The number of carbonyl (C=O) groups is 1. The summed E-state index contributed by atoms with van der Waals surface area (Å²) >= 11 is 0. The minimum atomic E-state index is -0.110. The van der Waals surface area contributed by atoms with Gasteiger partial charge in [-0.2, -0.15) is 0 Å². The second kappa shape index (κ2) is 11.1. The van der Waals surface area contributed by atoms with Gasteiger partial charge in [0.1, 0.15) is 5.75 Å². The van der Waals surface area contributed by atoms with Crippen LogP contribution in [-0.4, -0.2) is 19.2 Å². The quantitative estimate of drug-likeness (QED) is 0.457. The summed E-state index contributed by atoms with van der Waals surface area (Å²) in [6.07, 6.45) is 11.8. The van der Waals surface area contributed by atoms with Crippen molar-refractivity contribution in [3.8, 4) is 5.75 Å². The van der Waals surface area contributed by atoms with Crippen molar-refractivity contribution >= 4 is 5.97 Å². The first kappa shape index (κ1) is 18.8. The molecular weight excluding hydrogens is 300 g/mol. The zero-order chi connectivity index (χ0) is 17.0. The Labute approximate surface area is 146 Å². The highest BCUT2D eigenvalue weighted by molar-refractivity contribution is 5.69. The normalized spacial score (nSPS) is 16.2. The van der Waals surface area contributed by atoms with Crippen molar-refractivity contribution in [3.05, 3.63) is 29.8 Å². The molecule has 1 saturated carbocycles. The summed E-state index contributed by atoms with van der Waals surface area (Å²) in [6.45, 7) is 2.95. The van der Waals surface area contributed by atoms with Gasteiger partial charge in [-0.3, -0.25) is 4.79 Å². The average Bonchev–Trinajstić information content (AvgIpc) is 2.55. The maximum absolute atomic E-state index is 11.2. The number of benzene rings is 1. The summed E-state index contributed by atoms with van der Waals surface area (Å²) in [7, 11) is 0. The molecule has 24 heavy (non-hydrogen) atoms. The van der Waals surface area contributed by atoms with E-state index in [1.54, 1.807) is 0 Å². The summed E-state index contributed by atoms with van der Waals surface area (Å²) in [5.41, 5.74) is 1.46. The molecule has 134 valence electrons. The van der Waals surface area contributed by atoms with Gasteiger partial charge < -0.3 is 9.47 Å². The zero-order valence-corrected chi connectivity index (χ0v) is 15.1. The van der Waals surface area contributed by atoms with Crippen LogP contribution in [0.1, 0.15) is 82.6 Å². The molecule has 0 spiro atoms. The van der Waals surface area contributed by atoms with Crippen LogP contribution in [0.2, 0.25) is 0 Å². The molecule has 0 saturated heterocycles. The molecule has 0 aromatic heterocycles. The van der Waals surface area contributed by atoms with E-state index in [4.69, 9.17) is 9.47 Å². The number of unbranched alkanes of at least 4 members (excludes halogenated alkanes) is 1. The van der Waals surface area contributed by atoms with Crippen LogP contribution in [0.15, 0.2) is 24.3 Å². The Morgan fingerprint density at radius 3 is 2.33 bits per heavy atom. The molecule has 2 rings (SSSR count). The summed E-state index contributed by atoms with van der Waals surface area (Å²) < 4.78 is 10.7. The van der Waals surface area contributed by atoms with E-state index < -0.39 is 0 Å². The van der Waals surface area contributed by atoms with Gasteiger partial charge in [0, 0.05) is 6.42 Å². The summed E-state index contributed by atoms with van der Waals surface area (Å²) in [5, 5.41) is 0. The van der Waals surface area contributed by atoms with Crippen molar-refractivity contribution in [3.63, 3.8) is 0 Å². The van der Waals surface area contributed by atoms with Crippen molar-refractivity contribution in [2.75, 3.05) is 13.2 Å². The Hall–Kier alpha value is -1.51. The topological polar surface area (TPSA) is 35.5 Å². The van der Waals surface area contributed by atoms with E-state index in [-0.39, 0.29) is 5.97 Å². The Kier molecular flexibility index (Phi) is 8.72. The summed E-state index contributed by atoms with van der Waals surface area (Å²) in [5.74, 6) is 1.55. The number of hydrogen-bond acceptors (Lipinski definition) is 3. The molecule has 1 aromatic carbocycles. The van der Waals surface area contributed by atoms with Crippen molar-refractivity contribution in [2.24, 2.45) is 0 Å². The third-order valence-electron chi connectivity index (χ3n) is 4.81. The van der Waals surface area contributed by atoms with Gasteiger partial charge in [-0.25, -0.2) is 0 Å². The summed E-state index contributed by atoms with van der Waals surface area (Å²) in [6, 6.07) is 8.67. The molecule has 0 radical (unpaired) electrons. The van der Waals surface area contributed by atoms with E-state index in [0.717, 1.165) is 24.5 Å². The Bertz CT molecular complexity index is 458. The van der Waals surface area contributed by atoms with Crippen molar-refractivity contribution in [1.82, 2.24) is 0 Å². The second-order valence-corrected chi connectivity index (χ2v) is 6.72. The highest BCUT2D eigenvalue weighted by Gasteiger charge is 2.13. The summed E-state index contributed by atoms with van der Waals surface area (Å²) in [4.78, 5) is 11.2. The lowest BCUT2D eigenvalue weighted by Gasteiger charge is -2.20. The van der Waals surface area contributed by atoms with E-state index in [1.165, 1.54) is 50.5 Å². The van der Waals surface area contributed by atoms with Crippen LogP contribution in [-0.2, 0) is 9.53 Å². The van der Waals surface area contributed by atoms with E-state index >= 15 is 0 Å². The molecule has 1 aromatic rings. The zero-order valence-electron chi connectivity index (χ0n) is 15.1. The van der Waals surface area contributed by atoms with E-state index in [1.807, 2.05) is 6.92 Å². The van der Waals surface area contributed by atoms with Gasteiger partial charge in [0.15, 0.2) is 0 Å². The highest BCUT2D eigenvalue weighted by atomic mass is 16.5. The monoisotopic (exact) mass is 332 g/mol. The van der Waals surface area contributed by atoms with Gasteiger partial charge in [-0.05, 0) is 56.2 Å². The van der Waals surface area contributed by atoms with Gasteiger partial charge in [-0.1, -0.05) is 44.2 Å². The largest absolute Gasteiger partial charge is 0.494 e. The molecule has 0 bridgehead atoms. The third-order valence-corrected chi connectivity index (χ3v) is 4.81. The molecule has 0 aliphatic heterocycles. The number of esters is 1. The predicted octanol–water partition coefficient (Wildman–Crippen LogP) is 5.63. The Balaban J connectivity index is 1.68. The molecule has 1 fully saturated rings. The van der Waals surface area contributed by atoms with E-state index in [2.05, 4.69) is 24.3 Å². The van der Waals surface area contributed by atoms with Crippen LogP contribution >= 0.6 is 0 Å². The Morgan fingerprint density at radius 2 is 1.67 bits per heavy atom. The fourth-order valence-electron chi connectivity index (χ4n) is 3.42. The van der Waals surface area contributed by atoms with E-state index in [0.29, 0.717) is 19.6 Å². The molecule has 1 aliphatic rings. The predicted molar refractivity (Wildman–Crippen MR) is 97.5 cm³/mol. The molecule has 3 nitrogen and oxygen atoms in total. The minimum absolute atomic E-state index is 0.110. The fraction of sp³-hybridized carbons (Fsp3) is 0.667. The fourth-order valence-corrected chi connectivity index (χ4v) is 3.42. The van der Waals surface area contributed by atoms with E-state index in [9.17, 15) is 4.79 Å². The maximum atomic E-state index is 11.2. The van der Waals surface area contributed by atoms with Crippen LogP contribution in [0, 0.1) is 0 Å². The van der Waals surface area contributed by atoms with Crippen LogP contribution < -0.4 is 4.74 Å². The van der Waals surface area contributed by atoms with Gasteiger partial charge >= 0.3 is 5.97 Å². The van der Waals surface area contributed by atoms with Gasteiger partial charge in [0.2, 0.25) is 0 Å². The molecule has 0 amide bonds. The first-order valence-electron chi connectivity index (χ1n) is 9.68. The number of hydrogen-bond donors (Lipinski definition) is 0. The number of ether oxygens (including phenoxy) is 2. The minimum Gasteiger partial charge on any atom is -0.494 e. The SMILES string of the molecule is CCOC(=O)CCCCOc1ccc(C2CCCCCCC2)cc1. The van der Waals surface area contributed by atoms with Crippen LogP contribution in [0.25, 0.3) is 0 Å². The first-order chi connectivity index (χ1) is 11.8. The number of rotatable bonds is 8. The molecule has 3 heteroatoms. The Morgan fingerprint density at radius 1 is 1.00 bits per heavy atom. The molecule has 0 atom stereocenters. The van der Waals surface area contributed by atoms with Crippen molar-refractivity contribution in [1.29, 1.82) is 0 Å². The van der Waals surface area contributed by atoms with Gasteiger partial charge in [0.25, 0.3) is 0 Å². The lowest BCUT2D eigenvalue weighted by molar-refractivity contribution is -0.143. The molecule has 0 N–H and O–H groups in total. The van der Waals surface area contributed by atoms with Crippen LogP contribution in [0.4, 0.5) is 0 Å². The van der Waals surface area contributed by atoms with Crippen molar-refractivity contribution < 1.29 is 14.3 Å². The number of carbonyl (C=O) groups excluding carboxylic acids is 1. The molecule has 0 unspecified atom stereocenters. The van der Waals surface area contributed by atoms with Gasteiger partial charge in [-0.15, -0.1) is 0 Å². The highest BCUT2D eigenvalue weighted by Crippen LogP contribution is 2.31. The smallest absolute Gasteiger partial charge is 0.305 e. The molecule has 0 heterocycles. The first-order valence-corrected chi connectivity index (χ1v) is 9.68. The lowest BCUT2D eigenvalue weighted by Crippen LogP contribution is -2.05. The second-order valence-electron chi connectivity index (χ2n) is 6.72. The van der Waals surface area contributed by atoms with Crippen LogP contribution in [0.5, 0.6) is 5.75 Å². The molecule has 1 aliphatic carbocycles. The third kappa shape index (κ3) is 6.94. The van der Waals surface area contributed by atoms with Crippen LogP contribution in [0.3, 0.4) is 0 Å². The maximum Gasteiger partial charge on any atom is 0.305 e. The average molecular weight is 332 g/mol. The standard InChI is InChI=1S/C21H32O3/c1-2-23-21(22)12-8-9-17-24-20-15-13-19(14-16-20)18-10-6-4-3-5-7-11-18/h13-16,18H,2-12,17H2,1H3. The lowest BCUT2D eigenvalue weighted by atomic mass is 9.86.